The first-order valence-corrected chi connectivity index (χ1v) is 6.18. The lowest BCUT2D eigenvalue weighted by molar-refractivity contribution is -0.0117. The van der Waals surface area contributed by atoms with Crippen LogP contribution in [0.15, 0.2) is 18.3 Å². The predicted octanol–water partition coefficient (Wildman–Crippen LogP) is 1.19. The van der Waals surface area contributed by atoms with E-state index in [4.69, 9.17) is 4.74 Å². The SMILES string of the molecule is COc1ccc(C2(O)CC3CCC(C2)N3)cn1. The Bertz CT molecular complexity index is 392. The zero-order valence-corrected chi connectivity index (χ0v) is 10.0. The van der Waals surface area contributed by atoms with Crippen LogP contribution in [0.4, 0.5) is 0 Å². The van der Waals surface area contributed by atoms with Crippen LogP contribution in [-0.4, -0.2) is 29.3 Å². The topological polar surface area (TPSA) is 54.4 Å². The quantitative estimate of drug-likeness (QED) is 0.807. The van der Waals surface area contributed by atoms with Crippen molar-refractivity contribution in [3.63, 3.8) is 0 Å². The molecule has 0 saturated carbocycles. The summed E-state index contributed by atoms with van der Waals surface area (Å²) in [5, 5.41) is 14.3. The molecule has 92 valence electrons. The number of nitrogens with one attached hydrogen (secondary N) is 1. The van der Waals surface area contributed by atoms with Gasteiger partial charge in [-0.1, -0.05) is 0 Å². The van der Waals surface area contributed by atoms with Gasteiger partial charge >= 0.3 is 0 Å². The summed E-state index contributed by atoms with van der Waals surface area (Å²) in [6.45, 7) is 0. The maximum absolute atomic E-state index is 10.8. The van der Waals surface area contributed by atoms with Crippen molar-refractivity contribution in [3.05, 3.63) is 23.9 Å². The monoisotopic (exact) mass is 234 g/mol. The Labute approximate surface area is 101 Å². The normalized spacial score (nSPS) is 35.9. The first-order valence-electron chi connectivity index (χ1n) is 6.18. The van der Waals surface area contributed by atoms with Crippen molar-refractivity contribution in [2.75, 3.05) is 7.11 Å². The van der Waals surface area contributed by atoms with Crippen molar-refractivity contribution >= 4 is 0 Å². The third kappa shape index (κ3) is 1.91. The first kappa shape index (κ1) is 11.0. The number of aromatic nitrogens is 1. The Kier molecular flexibility index (Phi) is 2.56. The summed E-state index contributed by atoms with van der Waals surface area (Å²) in [5.41, 5.74) is 0.202. The molecule has 2 atom stereocenters. The fourth-order valence-corrected chi connectivity index (χ4v) is 3.13. The van der Waals surface area contributed by atoms with Gasteiger partial charge < -0.3 is 15.2 Å². The highest BCUT2D eigenvalue weighted by molar-refractivity contribution is 5.25. The fraction of sp³-hybridized carbons (Fsp3) is 0.615. The van der Waals surface area contributed by atoms with Crippen molar-refractivity contribution < 1.29 is 9.84 Å². The largest absolute Gasteiger partial charge is 0.481 e. The number of methoxy groups -OCH3 is 1. The number of rotatable bonds is 2. The highest BCUT2D eigenvalue weighted by Crippen LogP contribution is 2.40. The number of ether oxygens (including phenoxy) is 1. The molecule has 2 saturated heterocycles. The van der Waals surface area contributed by atoms with E-state index in [1.54, 1.807) is 13.3 Å². The van der Waals surface area contributed by atoms with Crippen LogP contribution in [0.5, 0.6) is 5.88 Å². The van der Waals surface area contributed by atoms with Gasteiger partial charge in [-0.3, -0.25) is 0 Å². The second-order valence-electron chi connectivity index (χ2n) is 5.17. The van der Waals surface area contributed by atoms with Gasteiger partial charge in [0.1, 0.15) is 0 Å². The zero-order chi connectivity index (χ0) is 11.9. The number of pyridine rings is 1. The average molecular weight is 234 g/mol. The molecular weight excluding hydrogens is 216 g/mol. The Balaban J connectivity index is 1.86. The van der Waals surface area contributed by atoms with Crippen LogP contribution in [-0.2, 0) is 5.60 Å². The van der Waals surface area contributed by atoms with Crippen LogP contribution in [0.2, 0.25) is 0 Å². The molecule has 2 bridgehead atoms. The summed E-state index contributed by atoms with van der Waals surface area (Å²) in [4.78, 5) is 4.19. The summed E-state index contributed by atoms with van der Waals surface area (Å²) in [6.07, 6.45) is 5.67. The maximum atomic E-state index is 10.8. The molecular formula is C13H18N2O2. The molecule has 4 nitrogen and oxygen atoms in total. The molecule has 4 heteroatoms. The van der Waals surface area contributed by atoms with Gasteiger partial charge in [-0.05, 0) is 31.7 Å². The second kappa shape index (κ2) is 3.96. The Morgan fingerprint density at radius 3 is 2.59 bits per heavy atom. The van der Waals surface area contributed by atoms with Crippen LogP contribution in [0, 0.1) is 0 Å². The second-order valence-corrected chi connectivity index (χ2v) is 5.17. The molecule has 1 aromatic rings. The molecule has 0 radical (unpaired) electrons. The standard InChI is InChI=1S/C13H18N2O2/c1-17-12-5-2-9(8-14-12)13(16)6-10-3-4-11(7-13)15-10/h2,5,8,10-11,15-16H,3-4,6-7H2,1H3. The Morgan fingerprint density at radius 2 is 2.06 bits per heavy atom. The molecule has 2 fully saturated rings. The molecule has 0 amide bonds. The van der Waals surface area contributed by atoms with Gasteiger partial charge in [0.05, 0.1) is 12.7 Å². The molecule has 2 N–H and O–H groups in total. The first-order chi connectivity index (χ1) is 8.19. The van der Waals surface area contributed by atoms with Gasteiger partial charge in [-0.2, -0.15) is 0 Å². The van der Waals surface area contributed by atoms with E-state index in [-0.39, 0.29) is 0 Å². The minimum absolute atomic E-state index is 0.459. The minimum atomic E-state index is -0.712. The van der Waals surface area contributed by atoms with Crippen molar-refractivity contribution in [2.24, 2.45) is 0 Å². The van der Waals surface area contributed by atoms with Crippen molar-refractivity contribution in [2.45, 2.75) is 43.4 Å². The van der Waals surface area contributed by atoms with E-state index < -0.39 is 5.60 Å². The summed E-state index contributed by atoms with van der Waals surface area (Å²) in [5.74, 6) is 0.592. The summed E-state index contributed by atoms with van der Waals surface area (Å²) in [6, 6.07) is 4.66. The van der Waals surface area contributed by atoms with Crippen LogP contribution >= 0.6 is 0 Å². The molecule has 3 heterocycles. The number of fused-ring (bicyclic) bond motifs is 2. The molecule has 2 aliphatic heterocycles. The van der Waals surface area contributed by atoms with E-state index in [1.807, 2.05) is 12.1 Å². The third-order valence-corrected chi connectivity index (χ3v) is 3.99. The van der Waals surface area contributed by atoms with Gasteiger partial charge in [-0.15, -0.1) is 0 Å². The minimum Gasteiger partial charge on any atom is -0.481 e. The van der Waals surface area contributed by atoms with Crippen molar-refractivity contribution in [1.29, 1.82) is 0 Å². The van der Waals surface area contributed by atoms with E-state index in [0.717, 1.165) is 18.4 Å². The molecule has 0 aliphatic carbocycles. The number of piperidine rings is 1. The van der Waals surface area contributed by atoms with Crippen LogP contribution in [0.3, 0.4) is 0 Å². The van der Waals surface area contributed by atoms with E-state index >= 15 is 0 Å². The van der Waals surface area contributed by atoms with Gasteiger partial charge in [0.15, 0.2) is 0 Å². The lowest BCUT2D eigenvalue weighted by atomic mass is 9.82. The third-order valence-electron chi connectivity index (χ3n) is 3.99. The molecule has 0 spiro atoms. The average Bonchev–Trinajstić information content (AvgIpc) is 2.69. The lowest BCUT2D eigenvalue weighted by Crippen LogP contribution is -2.46. The number of hydrogen-bond donors (Lipinski definition) is 2. The van der Waals surface area contributed by atoms with Crippen LogP contribution in [0.1, 0.15) is 31.2 Å². The Morgan fingerprint density at radius 1 is 1.35 bits per heavy atom. The molecule has 2 aliphatic rings. The van der Waals surface area contributed by atoms with Crippen LogP contribution in [0.25, 0.3) is 0 Å². The van der Waals surface area contributed by atoms with Gasteiger partial charge in [0.2, 0.25) is 5.88 Å². The van der Waals surface area contributed by atoms with E-state index in [1.165, 1.54) is 12.8 Å². The molecule has 2 unspecified atom stereocenters. The van der Waals surface area contributed by atoms with E-state index in [9.17, 15) is 5.11 Å². The number of nitrogens with zero attached hydrogens (tertiary/aromatic N) is 1. The summed E-state index contributed by atoms with van der Waals surface area (Å²) >= 11 is 0. The van der Waals surface area contributed by atoms with E-state index in [0.29, 0.717) is 18.0 Å². The van der Waals surface area contributed by atoms with Crippen molar-refractivity contribution in [1.82, 2.24) is 10.3 Å². The zero-order valence-electron chi connectivity index (χ0n) is 10.0. The summed E-state index contributed by atoms with van der Waals surface area (Å²) in [7, 11) is 1.60. The number of aliphatic hydroxyl groups is 1. The van der Waals surface area contributed by atoms with Crippen molar-refractivity contribution in [3.8, 4) is 5.88 Å². The molecule has 17 heavy (non-hydrogen) atoms. The highest BCUT2D eigenvalue weighted by atomic mass is 16.5. The predicted molar refractivity (Wildman–Crippen MR) is 63.9 cm³/mol. The number of hydrogen-bond acceptors (Lipinski definition) is 4. The molecule has 0 aromatic carbocycles. The molecule has 3 rings (SSSR count). The van der Waals surface area contributed by atoms with Gasteiger partial charge in [0, 0.05) is 29.9 Å². The van der Waals surface area contributed by atoms with Gasteiger partial charge in [0.25, 0.3) is 0 Å². The smallest absolute Gasteiger partial charge is 0.212 e. The van der Waals surface area contributed by atoms with E-state index in [2.05, 4.69) is 10.3 Å². The molecule has 1 aromatic heterocycles. The highest BCUT2D eigenvalue weighted by Gasteiger charge is 2.43. The van der Waals surface area contributed by atoms with Gasteiger partial charge in [-0.25, -0.2) is 4.98 Å². The Hall–Kier alpha value is -1.13. The maximum Gasteiger partial charge on any atom is 0.212 e. The fourth-order valence-electron chi connectivity index (χ4n) is 3.13. The lowest BCUT2D eigenvalue weighted by Gasteiger charge is -2.37. The van der Waals surface area contributed by atoms with Crippen LogP contribution < -0.4 is 10.1 Å². The summed E-state index contributed by atoms with van der Waals surface area (Å²) < 4.78 is 5.04.